The van der Waals surface area contributed by atoms with Gasteiger partial charge < -0.3 is 20.5 Å². The third-order valence-electron chi connectivity index (χ3n) is 4.63. The predicted molar refractivity (Wildman–Crippen MR) is 124 cm³/mol. The zero-order valence-electron chi connectivity index (χ0n) is 16.7. The van der Waals surface area contributed by atoms with Crippen molar-refractivity contribution in [3.63, 3.8) is 0 Å². The number of halogens is 1. The van der Waals surface area contributed by atoms with Gasteiger partial charge in [-0.05, 0) is 38.0 Å². The van der Waals surface area contributed by atoms with Crippen LogP contribution in [0, 0.1) is 0 Å². The van der Waals surface area contributed by atoms with Gasteiger partial charge >= 0.3 is 0 Å². The van der Waals surface area contributed by atoms with Crippen LogP contribution in [-0.4, -0.2) is 23.2 Å². The minimum absolute atomic E-state index is 0. The number of aliphatic hydroxyl groups is 1. The Bertz CT molecular complexity index is 808. The minimum Gasteiger partial charge on any atom is -0.487 e. The maximum Gasteiger partial charge on any atom is 0.192 e. The van der Waals surface area contributed by atoms with E-state index in [9.17, 15) is 5.11 Å². The molecule has 0 aliphatic carbocycles. The summed E-state index contributed by atoms with van der Waals surface area (Å²) < 4.78 is 6.12. The van der Waals surface area contributed by atoms with Crippen LogP contribution in [0.25, 0.3) is 0 Å². The Morgan fingerprint density at radius 1 is 1.18 bits per heavy atom. The first-order chi connectivity index (χ1) is 13.0. The number of ether oxygens (including phenoxy) is 1. The van der Waals surface area contributed by atoms with Crippen molar-refractivity contribution in [3.8, 4) is 5.75 Å². The summed E-state index contributed by atoms with van der Waals surface area (Å²) in [5, 5.41) is 16.2. The summed E-state index contributed by atoms with van der Waals surface area (Å²) in [6.45, 7) is 7.67. The van der Waals surface area contributed by atoms with E-state index in [2.05, 4.69) is 37.5 Å². The number of hydrogen-bond donors (Lipinski definition) is 3. The molecule has 152 valence electrons. The van der Waals surface area contributed by atoms with Gasteiger partial charge in [-0.15, -0.1) is 24.0 Å². The fraction of sp³-hybridized carbons (Fsp3) is 0.409. The van der Waals surface area contributed by atoms with E-state index in [1.54, 1.807) is 0 Å². The van der Waals surface area contributed by atoms with Crippen LogP contribution in [0.2, 0.25) is 0 Å². The van der Waals surface area contributed by atoms with E-state index in [0.717, 1.165) is 41.4 Å². The SMILES string of the molecule is CCNC(=NCc1cccc(CO)c1)NC1CC(C)(C)Oc2ccccc21.I. The number of rotatable bonds is 5. The van der Waals surface area contributed by atoms with Crippen LogP contribution in [-0.2, 0) is 13.2 Å². The Balaban J connectivity index is 0.00000280. The number of para-hydroxylation sites is 1. The van der Waals surface area contributed by atoms with Gasteiger partial charge in [0.05, 0.1) is 19.2 Å². The van der Waals surface area contributed by atoms with Crippen molar-refractivity contribution in [2.24, 2.45) is 4.99 Å². The van der Waals surface area contributed by atoms with Gasteiger partial charge in [-0.3, -0.25) is 0 Å². The average Bonchev–Trinajstić information content (AvgIpc) is 2.65. The molecule has 1 aliphatic rings. The molecular formula is C22H30IN3O2. The second kappa shape index (κ2) is 10.1. The molecule has 0 spiro atoms. The predicted octanol–water partition coefficient (Wildman–Crippen LogP) is 4.15. The van der Waals surface area contributed by atoms with Gasteiger partial charge in [0.15, 0.2) is 5.96 Å². The third kappa shape index (κ3) is 5.85. The topological polar surface area (TPSA) is 65.9 Å². The number of guanidine groups is 1. The number of benzene rings is 2. The molecule has 0 amide bonds. The second-order valence-electron chi connectivity index (χ2n) is 7.47. The van der Waals surface area contributed by atoms with E-state index >= 15 is 0 Å². The van der Waals surface area contributed by atoms with Crippen LogP contribution in [0.15, 0.2) is 53.5 Å². The summed E-state index contributed by atoms with van der Waals surface area (Å²) in [7, 11) is 0. The highest BCUT2D eigenvalue weighted by Gasteiger charge is 2.33. The van der Waals surface area contributed by atoms with Crippen LogP contribution in [0.3, 0.4) is 0 Å². The molecule has 6 heteroatoms. The Hall–Kier alpha value is -1.80. The van der Waals surface area contributed by atoms with Crippen molar-refractivity contribution in [2.75, 3.05) is 6.54 Å². The van der Waals surface area contributed by atoms with E-state index in [1.807, 2.05) is 42.5 Å². The molecule has 0 fully saturated rings. The summed E-state index contributed by atoms with van der Waals surface area (Å²) in [6, 6.07) is 16.2. The Morgan fingerprint density at radius 2 is 1.93 bits per heavy atom. The zero-order chi connectivity index (χ0) is 19.3. The summed E-state index contributed by atoms with van der Waals surface area (Å²) in [4.78, 5) is 4.75. The molecule has 3 rings (SSSR count). The highest BCUT2D eigenvalue weighted by atomic mass is 127. The molecule has 1 unspecified atom stereocenters. The first-order valence-electron chi connectivity index (χ1n) is 9.52. The Morgan fingerprint density at radius 3 is 2.68 bits per heavy atom. The molecule has 0 bridgehead atoms. The molecule has 2 aromatic rings. The van der Waals surface area contributed by atoms with Crippen LogP contribution in [0.1, 0.15) is 49.9 Å². The maximum absolute atomic E-state index is 9.31. The van der Waals surface area contributed by atoms with Gasteiger partial charge in [-0.1, -0.05) is 42.5 Å². The van der Waals surface area contributed by atoms with Crippen molar-refractivity contribution in [2.45, 2.75) is 52.0 Å². The molecule has 0 saturated heterocycles. The molecular weight excluding hydrogens is 465 g/mol. The molecule has 0 saturated carbocycles. The minimum atomic E-state index is -0.237. The van der Waals surface area contributed by atoms with Crippen molar-refractivity contribution >= 4 is 29.9 Å². The normalized spacial score (nSPS) is 17.7. The molecule has 2 aromatic carbocycles. The van der Waals surface area contributed by atoms with E-state index in [0.29, 0.717) is 6.54 Å². The van der Waals surface area contributed by atoms with Gasteiger partial charge in [-0.25, -0.2) is 4.99 Å². The maximum atomic E-state index is 9.31. The fourth-order valence-corrected chi connectivity index (χ4v) is 3.41. The van der Waals surface area contributed by atoms with Crippen LogP contribution in [0.4, 0.5) is 0 Å². The third-order valence-corrected chi connectivity index (χ3v) is 4.63. The quantitative estimate of drug-likeness (QED) is 0.331. The average molecular weight is 495 g/mol. The largest absolute Gasteiger partial charge is 0.487 e. The number of aliphatic hydroxyl groups excluding tert-OH is 1. The molecule has 28 heavy (non-hydrogen) atoms. The molecule has 1 atom stereocenters. The van der Waals surface area contributed by atoms with Gasteiger partial charge in [0.1, 0.15) is 11.4 Å². The Labute approximate surface area is 184 Å². The highest BCUT2D eigenvalue weighted by molar-refractivity contribution is 14.0. The standard InChI is InChI=1S/C22H29N3O2.HI/c1-4-23-21(24-14-16-8-7-9-17(12-16)15-26)25-19-13-22(2,3)27-20-11-6-5-10-18(19)20;/h5-12,19,26H,4,13-15H2,1-3H3,(H2,23,24,25);1H. The highest BCUT2D eigenvalue weighted by Crippen LogP contribution is 2.39. The summed E-state index contributed by atoms with van der Waals surface area (Å²) in [5.41, 5.74) is 2.90. The van der Waals surface area contributed by atoms with Gasteiger partial charge in [0.2, 0.25) is 0 Å². The van der Waals surface area contributed by atoms with E-state index in [1.165, 1.54) is 0 Å². The monoisotopic (exact) mass is 495 g/mol. The van der Waals surface area contributed by atoms with E-state index in [-0.39, 0.29) is 42.2 Å². The molecule has 1 heterocycles. The number of hydrogen-bond acceptors (Lipinski definition) is 3. The van der Waals surface area contributed by atoms with Crippen molar-refractivity contribution in [1.29, 1.82) is 0 Å². The zero-order valence-corrected chi connectivity index (χ0v) is 19.1. The fourth-order valence-electron chi connectivity index (χ4n) is 3.41. The molecule has 3 N–H and O–H groups in total. The molecule has 1 aliphatic heterocycles. The van der Waals surface area contributed by atoms with Gasteiger partial charge in [0, 0.05) is 18.5 Å². The van der Waals surface area contributed by atoms with Crippen LogP contribution < -0.4 is 15.4 Å². The van der Waals surface area contributed by atoms with E-state index < -0.39 is 0 Å². The lowest BCUT2D eigenvalue weighted by Crippen LogP contribution is -2.45. The van der Waals surface area contributed by atoms with Crippen molar-refractivity contribution < 1.29 is 9.84 Å². The first-order valence-corrected chi connectivity index (χ1v) is 9.52. The van der Waals surface area contributed by atoms with Gasteiger partial charge in [-0.2, -0.15) is 0 Å². The number of nitrogens with one attached hydrogen (secondary N) is 2. The number of aliphatic imine (C=N–C) groups is 1. The van der Waals surface area contributed by atoms with Gasteiger partial charge in [0.25, 0.3) is 0 Å². The lowest BCUT2D eigenvalue weighted by atomic mass is 9.90. The number of fused-ring (bicyclic) bond motifs is 1. The molecule has 0 radical (unpaired) electrons. The first kappa shape index (κ1) is 22.5. The lowest BCUT2D eigenvalue weighted by Gasteiger charge is -2.38. The second-order valence-corrected chi connectivity index (χ2v) is 7.47. The van der Waals surface area contributed by atoms with Crippen LogP contribution >= 0.6 is 24.0 Å². The summed E-state index contributed by atoms with van der Waals surface area (Å²) in [5.74, 6) is 1.71. The molecule has 0 aromatic heterocycles. The smallest absolute Gasteiger partial charge is 0.192 e. The molecule has 5 nitrogen and oxygen atoms in total. The number of nitrogens with zero attached hydrogens (tertiary/aromatic N) is 1. The summed E-state index contributed by atoms with van der Waals surface area (Å²) >= 11 is 0. The van der Waals surface area contributed by atoms with Crippen LogP contribution in [0.5, 0.6) is 5.75 Å². The van der Waals surface area contributed by atoms with Crippen molar-refractivity contribution in [3.05, 3.63) is 65.2 Å². The Kier molecular flexibility index (Phi) is 8.12. The van der Waals surface area contributed by atoms with Crippen molar-refractivity contribution in [1.82, 2.24) is 10.6 Å². The van der Waals surface area contributed by atoms with E-state index in [4.69, 9.17) is 9.73 Å². The lowest BCUT2D eigenvalue weighted by molar-refractivity contribution is 0.0694. The summed E-state index contributed by atoms with van der Waals surface area (Å²) in [6.07, 6.45) is 0.856.